The van der Waals surface area contributed by atoms with Gasteiger partial charge in [-0.25, -0.2) is 0 Å². The van der Waals surface area contributed by atoms with Crippen molar-refractivity contribution in [1.29, 1.82) is 0 Å². The molecule has 0 unspecified atom stereocenters. The Morgan fingerprint density at radius 1 is 1.47 bits per heavy atom. The molecule has 1 aliphatic heterocycles. The summed E-state index contributed by atoms with van der Waals surface area (Å²) >= 11 is 6.35. The first kappa shape index (κ1) is 10.3. The monoisotopic (exact) mass is 236 g/mol. The van der Waals surface area contributed by atoms with Crippen molar-refractivity contribution in [2.75, 3.05) is 7.05 Å². The van der Waals surface area contributed by atoms with Crippen molar-refractivity contribution in [2.45, 2.75) is 0 Å². The van der Waals surface area contributed by atoms with Gasteiger partial charge in [0, 0.05) is 19.4 Å². The Hall–Kier alpha value is -1.20. The highest BCUT2D eigenvalue weighted by molar-refractivity contribution is 8.26. The van der Waals surface area contributed by atoms with Crippen molar-refractivity contribution in [1.82, 2.24) is 9.88 Å². The fourth-order valence-corrected chi connectivity index (χ4v) is 2.34. The van der Waals surface area contributed by atoms with E-state index in [-0.39, 0.29) is 5.91 Å². The number of nitrogens with zero attached hydrogens (tertiary/aromatic N) is 2. The molecule has 0 radical (unpaired) electrons. The van der Waals surface area contributed by atoms with E-state index in [4.69, 9.17) is 12.2 Å². The smallest absolute Gasteiger partial charge is 0.265 e. The molecular weight excluding hydrogens is 228 g/mol. The topological polar surface area (TPSA) is 33.2 Å². The molecule has 1 aromatic heterocycles. The van der Waals surface area contributed by atoms with E-state index in [1.807, 2.05) is 18.2 Å². The number of amides is 1. The lowest BCUT2D eigenvalue weighted by Crippen LogP contribution is -2.22. The minimum absolute atomic E-state index is 0.0400. The van der Waals surface area contributed by atoms with Crippen LogP contribution >= 0.6 is 24.0 Å². The highest BCUT2D eigenvalue weighted by Crippen LogP contribution is 2.30. The zero-order chi connectivity index (χ0) is 10.8. The maximum absolute atomic E-state index is 11.7. The molecule has 1 aromatic rings. The fourth-order valence-electron chi connectivity index (χ4n) is 1.16. The molecule has 76 valence electrons. The van der Waals surface area contributed by atoms with Crippen LogP contribution in [-0.2, 0) is 4.79 Å². The van der Waals surface area contributed by atoms with E-state index in [9.17, 15) is 4.79 Å². The van der Waals surface area contributed by atoms with Gasteiger partial charge in [-0.1, -0.05) is 24.0 Å². The summed E-state index contributed by atoms with van der Waals surface area (Å²) in [5.74, 6) is -0.0400. The molecule has 0 spiro atoms. The molecule has 3 nitrogen and oxygen atoms in total. The third-order valence-electron chi connectivity index (χ3n) is 1.99. The van der Waals surface area contributed by atoms with E-state index in [2.05, 4.69) is 4.98 Å². The molecule has 2 rings (SSSR count). The summed E-state index contributed by atoms with van der Waals surface area (Å²) in [6, 6.07) is 3.70. The van der Waals surface area contributed by atoms with E-state index in [0.717, 1.165) is 5.56 Å². The highest BCUT2D eigenvalue weighted by atomic mass is 32.2. The maximum atomic E-state index is 11.7. The summed E-state index contributed by atoms with van der Waals surface area (Å²) in [6.45, 7) is 0. The zero-order valence-corrected chi connectivity index (χ0v) is 9.64. The number of carbonyl (C=O) groups is 1. The standard InChI is InChI=1S/C10H8N2OS2/c1-12-9(13)8(15-10(12)14)6-7-2-4-11-5-3-7/h2-6H,1H3. The van der Waals surface area contributed by atoms with Crippen LogP contribution in [0.3, 0.4) is 0 Å². The van der Waals surface area contributed by atoms with Crippen LogP contribution in [0.15, 0.2) is 29.4 Å². The Labute approximate surface area is 97.2 Å². The molecule has 0 aliphatic carbocycles. The predicted molar refractivity (Wildman–Crippen MR) is 65.2 cm³/mol. The van der Waals surface area contributed by atoms with Crippen LogP contribution in [0, 0.1) is 0 Å². The molecule has 5 heteroatoms. The predicted octanol–water partition coefficient (Wildman–Crippen LogP) is 1.91. The summed E-state index contributed by atoms with van der Waals surface area (Å²) in [7, 11) is 1.69. The molecule has 0 bridgehead atoms. The minimum atomic E-state index is -0.0400. The van der Waals surface area contributed by atoms with Crippen molar-refractivity contribution >= 4 is 40.3 Å². The number of carbonyl (C=O) groups excluding carboxylic acids is 1. The Balaban J connectivity index is 2.30. The number of pyridine rings is 1. The first-order valence-corrected chi connectivity index (χ1v) is 5.52. The molecule has 1 aliphatic rings. The minimum Gasteiger partial charge on any atom is -0.296 e. The van der Waals surface area contributed by atoms with Crippen molar-refractivity contribution in [3.8, 4) is 0 Å². The van der Waals surface area contributed by atoms with Crippen LogP contribution in [0.4, 0.5) is 0 Å². The lowest BCUT2D eigenvalue weighted by atomic mass is 10.2. The second-order valence-electron chi connectivity index (χ2n) is 3.02. The number of aromatic nitrogens is 1. The van der Waals surface area contributed by atoms with Gasteiger partial charge in [0.15, 0.2) is 0 Å². The first-order chi connectivity index (χ1) is 7.18. The SMILES string of the molecule is CN1C(=O)C(=Cc2ccncc2)SC1=S. The van der Waals surface area contributed by atoms with Crippen molar-refractivity contribution in [3.63, 3.8) is 0 Å². The number of thioether (sulfide) groups is 1. The van der Waals surface area contributed by atoms with Gasteiger partial charge in [-0.15, -0.1) is 0 Å². The van der Waals surface area contributed by atoms with Crippen LogP contribution in [0.25, 0.3) is 6.08 Å². The number of likely N-dealkylation sites (N-methyl/N-ethyl adjacent to an activating group) is 1. The van der Waals surface area contributed by atoms with Gasteiger partial charge < -0.3 is 0 Å². The molecule has 0 atom stereocenters. The zero-order valence-electron chi connectivity index (χ0n) is 8.01. The van der Waals surface area contributed by atoms with Gasteiger partial charge in [0.2, 0.25) is 0 Å². The third kappa shape index (κ3) is 2.08. The quantitative estimate of drug-likeness (QED) is 0.551. The van der Waals surface area contributed by atoms with Gasteiger partial charge in [-0.05, 0) is 23.8 Å². The van der Waals surface area contributed by atoms with Crippen molar-refractivity contribution < 1.29 is 4.79 Å². The summed E-state index contributed by atoms with van der Waals surface area (Å²) < 4.78 is 0.598. The van der Waals surface area contributed by atoms with E-state index in [1.54, 1.807) is 19.4 Å². The van der Waals surface area contributed by atoms with Crippen LogP contribution in [0.2, 0.25) is 0 Å². The summed E-state index contributed by atoms with van der Waals surface area (Å²) in [5, 5.41) is 0. The van der Waals surface area contributed by atoms with Gasteiger partial charge >= 0.3 is 0 Å². The lowest BCUT2D eigenvalue weighted by molar-refractivity contribution is -0.121. The summed E-state index contributed by atoms with van der Waals surface area (Å²) in [6.07, 6.45) is 5.21. The molecule has 1 saturated heterocycles. The van der Waals surface area contributed by atoms with Gasteiger partial charge in [-0.2, -0.15) is 0 Å². The van der Waals surface area contributed by atoms with E-state index < -0.39 is 0 Å². The first-order valence-electron chi connectivity index (χ1n) is 4.30. The second kappa shape index (κ2) is 4.12. The maximum Gasteiger partial charge on any atom is 0.265 e. The molecule has 0 saturated carbocycles. The van der Waals surface area contributed by atoms with Crippen LogP contribution in [0.1, 0.15) is 5.56 Å². The second-order valence-corrected chi connectivity index (χ2v) is 4.70. The highest BCUT2D eigenvalue weighted by Gasteiger charge is 2.28. The number of rotatable bonds is 1. The van der Waals surface area contributed by atoms with Gasteiger partial charge in [0.25, 0.3) is 5.91 Å². The molecular formula is C10H8N2OS2. The Kier molecular flexibility index (Phi) is 2.83. The number of hydrogen-bond acceptors (Lipinski definition) is 4. The van der Waals surface area contributed by atoms with Crippen LogP contribution in [0.5, 0.6) is 0 Å². The van der Waals surface area contributed by atoms with Gasteiger partial charge in [0.05, 0.1) is 4.91 Å². The van der Waals surface area contributed by atoms with Gasteiger partial charge in [-0.3, -0.25) is 14.7 Å². The summed E-state index contributed by atoms with van der Waals surface area (Å²) in [4.78, 5) is 17.7. The van der Waals surface area contributed by atoms with Crippen molar-refractivity contribution in [3.05, 3.63) is 35.0 Å². The normalized spacial score (nSPS) is 19.0. The van der Waals surface area contributed by atoms with E-state index >= 15 is 0 Å². The molecule has 1 amide bonds. The molecule has 0 N–H and O–H groups in total. The Bertz CT molecular complexity index is 442. The van der Waals surface area contributed by atoms with Crippen molar-refractivity contribution in [2.24, 2.45) is 0 Å². The molecule has 1 fully saturated rings. The fraction of sp³-hybridized carbons (Fsp3) is 0.100. The largest absolute Gasteiger partial charge is 0.296 e. The average Bonchev–Trinajstić information content (AvgIpc) is 2.48. The van der Waals surface area contributed by atoms with E-state index in [1.165, 1.54) is 16.7 Å². The third-order valence-corrected chi connectivity index (χ3v) is 3.48. The summed E-state index contributed by atoms with van der Waals surface area (Å²) in [5.41, 5.74) is 0.957. The average molecular weight is 236 g/mol. The lowest BCUT2D eigenvalue weighted by Gasteiger charge is -2.03. The Morgan fingerprint density at radius 2 is 2.13 bits per heavy atom. The number of thiocarbonyl (C=S) groups is 1. The molecule has 0 aromatic carbocycles. The van der Waals surface area contributed by atoms with Gasteiger partial charge in [0.1, 0.15) is 4.32 Å². The Morgan fingerprint density at radius 3 is 2.67 bits per heavy atom. The van der Waals surface area contributed by atoms with E-state index in [0.29, 0.717) is 9.23 Å². The van der Waals surface area contributed by atoms with Crippen LogP contribution < -0.4 is 0 Å². The molecule has 2 heterocycles. The number of hydrogen-bond donors (Lipinski definition) is 0. The molecule has 15 heavy (non-hydrogen) atoms. The van der Waals surface area contributed by atoms with Crippen LogP contribution in [-0.4, -0.2) is 27.2 Å².